The van der Waals surface area contributed by atoms with Gasteiger partial charge in [-0.25, -0.2) is 0 Å². The zero-order chi connectivity index (χ0) is 18.4. The molecule has 0 aromatic carbocycles. The molecule has 138 valence electrons. The summed E-state index contributed by atoms with van der Waals surface area (Å²) in [6.07, 6.45) is 7.18. The number of aromatic nitrogens is 2. The van der Waals surface area contributed by atoms with E-state index in [1.54, 1.807) is 0 Å². The minimum atomic E-state index is -0.797. The Morgan fingerprint density at radius 3 is 2.27 bits per heavy atom. The number of rotatable bonds is 5. The van der Waals surface area contributed by atoms with Crippen molar-refractivity contribution in [1.29, 1.82) is 0 Å². The van der Waals surface area contributed by atoms with E-state index in [0.29, 0.717) is 11.6 Å². The van der Waals surface area contributed by atoms with Crippen molar-refractivity contribution in [3.05, 3.63) is 17.2 Å². The first-order valence-corrected chi connectivity index (χ1v) is 10.0. The summed E-state index contributed by atoms with van der Waals surface area (Å²) in [4.78, 5) is 40.0. The molecule has 7 nitrogen and oxygen atoms in total. The second-order valence-electron chi connectivity index (χ2n) is 7.16. The first kappa shape index (κ1) is 17.3. The number of nitrogens with one attached hydrogen (secondary N) is 1. The first-order chi connectivity index (χ1) is 12.5. The molecule has 0 radical (unpaired) electrons. The molecule has 5 rings (SSSR count). The van der Waals surface area contributed by atoms with Crippen molar-refractivity contribution >= 4 is 34.2 Å². The lowest BCUT2D eigenvalue weighted by atomic mass is 9.63. The SMILES string of the molecule is CCc1nnc(NC(=O)C(CC)N2C(=O)C3C4C=CC(CC4)C3C2=O)s1. The maximum atomic E-state index is 13.0. The van der Waals surface area contributed by atoms with Crippen LogP contribution in [0.5, 0.6) is 0 Å². The average Bonchev–Trinajstić information content (AvgIpc) is 3.22. The molecule has 1 aromatic heterocycles. The summed E-state index contributed by atoms with van der Waals surface area (Å²) in [5.74, 6) is -1.07. The van der Waals surface area contributed by atoms with Crippen molar-refractivity contribution in [3.63, 3.8) is 0 Å². The summed E-state index contributed by atoms with van der Waals surface area (Å²) in [6, 6.07) is -0.797. The van der Waals surface area contributed by atoms with E-state index in [-0.39, 0.29) is 41.4 Å². The van der Waals surface area contributed by atoms with E-state index in [1.165, 1.54) is 16.2 Å². The smallest absolute Gasteiger partial charge is 0.249 e. The molecule has 0 spiro atoms. The number of imide groups is 1. The molecule has 1 aromatic rings. The van der Waals surface area contributed by atoms with Crippen LogP contribution in [0.3, 0.4) is 0 Å². The van der Waals surface area contributed by atoms with Crippen LogP contribution >= 0.6 is 11.3 Å². The summed E-state index contributed by atoms with van der Waals surface area (Å²) in [7, 11) is 0. The molecular weight excluding hydrogens is 352 g/mol. The van der Waals surface area contributed by atoms with Crippen LogP contribution in [0, 0.1) is 23.7 Å². The van der Waals surface area contributed by atoms with Crippen molar-refractivity contribution in [1.82, 2.24) is 15.1 Å². The molecule has 3 amide bonds. The Labute approximate surface area is 155 Å². The van der Waals surface area contributed by atoms with Crippen molar-refractivity contribution in [3.8, 4) is 0 Å². The van der Waals surface area contributed by atoms with Gasteiger partial charge in [0, 0.05) is 0 Å². The Kier molecular flexibility index (Phi) is 4.38. The van der Waals surface area contributed by atoms with Gasteiger partial charge in [-0.2, -0.15) is 0 Å². The van der Waals surface area contributed by atoms with Gasteiger partial charge in [-0.15, -0.1) is 10.2 Å². The highest BCUT2D eigenvalue weighted by Gasteiger charge is 2.58. The molecule has 1 saturated carbocycles. The van der Waals surface area contributed by atoms with Gasteiger partial charge in [0.15, 0.2) is 0 Å². The molecule has 5 unspecified atom stereocenters. The molecule has 1 saturated heterocycles. The highest BCUT2D eigenvalue weighted by atomic mass is 32.1. The average molecular weight is 374 g/mol. The Hall–Kier alpha value is -2.09. The molecular formula is C18H22N4O3S. The molecule has 26 heavy (non-hydrogen) atoms. The molecule has 8 heteroatoms. The number of fused-ring (bicyclic) bond motifs is 1. The molecule has 4 aliphatic rings. The number of allylic oxidation sites excluding steroid dienone is 2. The van der Waals surface area contributed by atoms with Gasteiger partial charge in [0.05, 0.1) is 11.8 Å². The van der Waals surface area contributed by atoms with Gasteiger partial charge in [-0.1, -0.05) is 37.3 Å². The zero-order valence-electron chi connectivity index (χ0n) is 14.8. The number of hydrogen-bond acceptors (Lipinski definition) is 6. The van der Waals surface area contributed by atoms with Gasteiger partial charge >= 0.3 is 0 Å². The topological polar surface area (TPSA) is 92.3 Å². The Morgan fingerprint density at radius 1 is 1.19 bits per heavy atom. The highest BCUT2D eigenvalue weighted by Crippen LogP contribution is 2.50. The lowest BCUT2D eigenvalue weighted by Gasteiger charge is -2.38. The van der Waals surface area contributed by atoms with Crippen LogP contribution in [0.4, 0.5) is 5.13 Å². The van der Waals surface area contributed by atoms with E-state index in [1.807, 2.05) is 13.8 Å². The van der Waals surface area contributed by atoms with E-state index in [9.17, 15) is 14.4 Å². The quantitative estimate of drug-likeness (QED) is 0.629. The molecule has 1 aliphatic heterocycles. The summed E-state index contributed by atoms with van der Waals surface area (Å²) >= 11 is 1.31. The van der Waals surface area contributed by atoms with Gasteiger partial charge < -0.3 is 0 Å². The molecule has 2 heterocycles. The predicted molar refractivity (Wildman–Crippen MR) is 96.2 cm³/mol. The summed E-state index contributed by atoms with van der Waals surface area (Å²) < 4.78 is 0. The van der Waals surface area contributed by atoms with Gasteiger partial charge in [-0.3, -0.25) is 24.6 Å². The second kappa shape index (κ2) is 6.57. The van der Waals surface area contributed by atoms with Crippen molar-refractivity contribution in [2.75, 3.05) is 5.32 Å². The Bertz CT molecular complexity index is 757. The number of nitrogens with zero attached hydrogens (tertiary/aromatic N) is 3. The maximum absolute atomic E-state index is 13.0. The minimum absolute atomic E-state index is 0.127. The summed E-state index contributed by atoms with van der Waals surface area (Å²) in [5, 5.41) is 11.9. The lowest BCUT2D eigenvalue weighted by molar-refractivity contribution is -0.146. The fourth-order valence-corrected chi connectivity index (χ4v) is 5.21. The van der Waals surface area contributed by atoms with E-state index in [2.05, 4.69) is 27.7 Å². The van der Waals surface area contributed by atoms with Crippen LogP contribution < -0.4 is 5.32 Å². The van der Waals surface area contributed by atoms with E-state index < -0.39 is 6.04 Å². The molecule has 2 bridgehead atoms. The maximum Gasteiger partial charge on any atom is 0.249 e. The number of likely N-dealkylation sites (tertiary alicyclic amines) is 1. The van der Waals surface area contributed by atoms with Crippen molar-refractivity contribution < 1.29 is 14.4 Å². The van der Waals surface area contributed by atoms with Gasteiger partial charge in [0.2, 0.25) is 22.9 Å². The Balaban J connectivity index is 1.55. The van der Waals surface area contributed by atoms with E-state index in [0.717, 1.165) is 24.3 Å². The zero-order valence-corrected chi connectivity index (χ0v) is 15.7. The summed E-state index contributed by atoms with van der Waals surface area (Å²) in [6.45, 7) is 3.78. The van der Waals surface area contributed by atoms with E-state index >= 15 is 0 Å². The summed E-state index contributed by atoms with van der Waals surface area (Å²) in [5.41, 5.74) is 0. The van der Waals surface area contributed by atoms with Crippen LogP contribution in [0.1, 0.15) is 38.1 Å². The number of hydrogen-bond donors (Lipinski definition) is 1. The third kappa shape index (κ3) is 2.58. The number of aryl methyl sites for hydroxylation is 1. The van der Waals surface area contributed by atoms with Crippen LogP contribution in [0.2, 0.25) is 0 Å². The van der Waals surface area contributed by atoms with E-state index in [4.69, 9.17) is 0 Å². The largest absolute Gasteiger partial charge is 0.299 e. The van der Waals surface area contributed by atoms with Crippen LogP contribution in [0.15, 0.2) is 12.2 Å². The monoisotopic (exact) mass is 374 g/mol. The van der Waals surface area contributed by atoms with Crippen molar-refractivity contribution in [2.24, 2.45) is 23.7 Å². The first-order valence-electron chi connectivity index (χ1n) is 9.23. The van der Waals surface area contributed by atoms with Crippen molar-refractivity contribution in [2.45, 2.75) is 45.6 Å². The van der Waals surface area contributed by atoms with Gasteiger partial charge in [0.25, 0.3) is 0 Å². The molecule has 5 atom stereocenters. The standard InChI is InChI=1S/C18H22N4O3S/c1-3-11(15(23)19-18-21-20-12(4-2)26-18)22-16(24)13-9-5-6-10(8-7-9)14(13)17(22)25/h5-6,9-11,13-14H,3-4,7-8H2,1-2H3,(H,19,21,23). The highest BCUT2D eigenvalue weighted by molar-refractivity contribution is 7.15. The van der Waals surface area contributed by atoms with Crippen LogP contribution in [-0.4, -0.2) is 38.9 Å². The third-order valence-corrected chi connectivity index (χ3v) is 6.78. The third-order valence-electron chi connectivity index (χ3n) is 5.79. The van der Waals surface area contributed by atoms with Crippen LogP contribution in [0.25, 0.3) is 0 Å². The fraction of sp³-hybridized carbons (Fsp3) is 0.611. The second-order valence-corrected chi connectivity index (χ2v) is 8.22. The van der Waals surface area contributed by atoms with Gasteiger partial charge in [-0.05, 0) is 37.5 Å². The van der Waals surface area contributed by atoms with Gasteiger partial charge in [0.1, 0.15) is 11.0 Å². The predicted octanol–water partition coefficient (Wildman–Crippen LogP) is 2.01. The molecule has 2 fully saturated rings. The van der Waals surface area contributed by atoms with Crippen LogP contribution in [-0.2, 0) is 20.8 Å². The molecule has 1 N–H and O–H groups in total. The fourth-order valence-electron chi connectivity index (χ4n) is 4.53. The number of carbonyl (C=O) groups excluding carboxylic acids is 3. The normalized spacial score (nSPS) is 30.6. The number of amides is 3. The number of carbonyl (C=O) groups is 3. The molecule has 3 aliphatic carbocycles. The minimum Gasteiger partial charge on any atom is -0.299 e. The Morgan fingerprint density at radius 2 is 1.81 bits per heavy atom. The number of anilines is 1. The lowest BCUT2D eigenvalue weighted by Crippen LogP contribution is -2.47.